The summed E-state index contributed by atoms with van der Waals surface area (Å²) in [6, 6.07) is 0.0231. The fourth-order valence-electron chi connectivity index (χ4n) is 3.60. The van der Waals surface area contributed by atoms with Crippen molar-refractivity contribution in [2.45, 2.75) is 64.6 Å². The minimum atomic E-state index is -0.464. The highest BCUT2D eigenvalue weighted by molar-refractivity contribution is 5.70. The minimum Gasteiger partial charge on any atom is -0.444 e. The highest BCUT2D eigenvalue weighted by Gasteiger charge is 2.59. The van der Waals surface area contributed by atoms with Crippen LogP contribution in [0.4, 0.5) is 4.79 Å². The highest BCUT2D eigenvalue weighted by atomic mass is 16.6. The lowest BCUT2D eigenvalue weighted by Gasteiger charge is -2.57. The summed E-state index contributed by atoms with van der Waals surface area (Å²) in [5.41, 5.74) is -0.667. The molecule has 4 heteroatoms. The predicted octanol–water partition coefficient (Wildman–Crippen LogP) is 2.73. The quantitative estimate of drug-likeness (QED) is 0.734. The Labute approximate surface area is 128 Å². The summed E-state index contributed by atoms with van der Waals surface area (Å²) < 4.78 is 5.56. The first kappa shape index (κ1) is 16.2. The lowest BCUT2D eigenvalue weighted by molar-refractivity contribution is -0.0742. The van der Waals surface area contributed by atoms with Crippen LogP contribution in [-0.4, -0.2) is 52.7 Å². The SMILES string of the molecule is C#CC1N(CC(C)C)CC12CCCN2C(=O)OC(C)(C)C. The molecule has 21 heavy (non-hydrogen) atoms. The van der Waals surface area contributed by atoms with Gasteiger partial charge in [0.25, 0.3) is 0 Å². The summed E-state index contributed by atoms with van der Waals surface area (Å²) in [7, 11) is 0. The second kappa shape index (κ2) is 5.53. The molecule has 2 aliphatic rings. The van der Waals surface area contributed by atoms with Crippen LogP contribution in [0.25, 0.3) is 0 Å². The molecule has 2 aliphatic heterocycles. The molecule has 2 atom stereocenters. The smallest absolute Gasteiger partial charge is 0.410 e. The van der Waals surface area contributed by atoms with Crippen LogP contribution in [0.2, 0.25) is 0 Å². The molecule has 118 valence electrons. The van der Waals surface area contributed by atoms with E-state index in [9.17, 15) is 4.79 Å². The number of hydrogen-bond donors (Lipinski definition) is 0. The van der Waals surface area contributed by atoms with Crippen LogP contribution in [-0.2, 0) is 4.74 Å². The Hall–Kier alpha value is -1.21. The Morgan fingerprint density at radius 1 is 1.48 bits per heavy atom. The van der Waals surface area contributed by atoms with Crippen molar-refractivity contribution >= 4 is 6.09 Å². The van der Waals surface area contributed by atoms with Gasteiger partial charge in [-0.1, -0.05) is 19.8 Å². The largest absolute Gasteiger partial charge is 0.444 e. The summed E-state index contributed by atoms with van der Waals surface area (Å²) in [5.74, 6) is 3.49. The van der Waals surface area contributed by atoms with Crippen molar-refractivity contribution in [3.63, 3.8) is 0 Å². The zero-order valence-corrected chi connectivity index (χ0v) is 14.0. The van der Waals surface area contributed by atoms with E-state index in [-0.39, 0.29) is 17.7 Å². The average molecular weight is 292 g/mol. The first-order valence-electron chi connectivity index (χ1n) is 7.90. The summed E-state index contributed by atoms with van der Waals surface area (Å²) in [6.45, 7) is 12.7. The molecule has 0 bridgehead atoms. The number of ether oxygens (including phenoxy) is 1. The Bertz CT molecular complexity index is 447. The third-order valence-corrected chi connectivity index (χ3v) is 4.25. The van der Waals surface area contributed by atoms with Crippen molar-refractivity contribution in [1.29, 1.82) is 0 Å². The van der Waals surface area contributed by atoms with Gasteiger partial charge in [-0.2, -0.15) is 0 Å². The van der Waals surface area contributed by atoms with Crippen molar-refractivity contribution in [3.05, 3.63) is 0 Å². The van der Waals surface area contributed by atoms with Crippen molar-refractivity contribution in [1.82, 2.24) is 9.80 Å². The van der Waals surface area contributed by atoms with Crippen molar-refractivity contribution in [3.8, 4) is 12.3 Å². The van der Waals surface area contributed by atoms with Gasteiger partial charge in [0.2, 0.25) is 0 Å². The molecule has 0 radical (unpaired) electrons. The van der Waals surface area contributed by atoms with Gasteiger partial charge < -0.3 is 4.74 Å². The Kier molecular flexibility index (Phi) is 4.26. The maximum atomic E-state index is 12.5. The van der Waals surface area contributed by atoms with E-state index in [4.69, 9.17) is 11.2 Å². The molecule has 0 saturated carbocycles. The Morgan fingerprint density at radius 2 is 2.14 bits per heavy atom. The van der Waals surface area contributed by atoms with E-state index in [1.54, 1.807) is 0 Å². The van der Waals surface area contributed by atoms with Crippen LogP contribution in [0.15, 0.2) is 0 Å². The average Bonchev–Trinajstić information content (AvgIpc) is 2.72. The predicted molar refractivity (Wildman–Crippen MR) is 83.9 cm³/mol. The molecular formula is C17H28N2O2. The number of hydrogen-bond acceptors (Lipinski definition) is 3. The molecule has 4 nitrogen and oxygen atoms in total. The van der Waals surface area contributed by atoms with E-state index in [0.717, 1.165) is 32.5 Å². The number of rotatable bonds is 2. The van der Waals surface area contributed by atoms with E-state index in [1.165, 1.54) is 0 Å². The summed E-state index contributed by atoms with van der Waals surface area (Å²) in [6.07, 6.45) is 7.54. The van der Waals surface area contributed by atoms with E-state index >= 15 is 0 Å². The third-order valence-electron chi connectivity index (χ3n) is 4.25. The molecule has 1 spiro atoms. The van der Waals surface area contributed by atoms with E-state index in [1.807, 2.05) is 25.7 Å². The molecular weight excluding hydrogens is 264 g/mol. The molecule has 1 amide bonds. The standard InChI is InChI=1S/C17H28N2O2/c1-7-14-17(12-18(14)11-13(2)3)9-8-10-19(17)15(20)21-16(4,5)6/h1,13-14H,8-12H2,2-6H3. The van der Waals surface area contributed by atoms with Gasteiger partial charge in [-0.25, -0.2) is 4.79 Å². The van der Waals surface area contributed by atoms with E-state index in [0.29, 0.717) is 5.92 Å². The monoisotopic (exact) mass is 292 g/mol. The van der Waals surface area contributed by atoms with Gasteiger partial charge in [-0.05, 0) is 39.5 Å². The van der Waals surface area contributed by atoms with E-state index < -0.39 is 5.60 Å². The molecule has 2 saturated heterocycles. The second-order valence-electron chi connectivity index (χ2n) is 7.73. The van der Waals surface area contributed by atoms with E-state index in [2.05, 4.69) is 24.7 Å². The number of carbonyl (C=O) groups excluding carboxylic acids is 1. The van der Waals surface area contributed by atoms with Gasteiger partial charge in [-0.3, -0.25) is 9.80 Å². The fraction of sp³-hybridized carbons (Fsp3) is 0.824. The molecule has 2 rings (SSSR count). The van der Waals surface area contributed by atoms with Crippen LogP contribution in [0.5, 0.6) is 0 Å². The van der Waals surface area contributed by atoms with Gasteiger partial charge in [-0.15, -0.1) is 6.42 Å². The van der Waals surface area contributed by atoms with Gasteiger partial charge in [0.15, 0.2) is 0 Å². The molecule has 2 fully saturated rings. The van der Waals surface area contributed by atoms with Crippen LogP contribution in [0.3, 0.4) is 0 Å². The zero-order valence-electron chi connectivity index (χ0n) is 14.0. The third kappa shape index (κ3) is 3.03. The lowest BCUT2D eigenvalue weighted by atomic mass is 9.77. The van der Waals surface area contributed by atoms with Crippen molar-refractivity contribution in [2.75, 3.05) is 19.6 Å². The maximum absolute atomic E-state index is 12.5. The van der Waals surface area contributed by atoms with Crippen molar-refractivity contribution in [2.24, 2.45) is 5.92 Å². The Balaban J connectivity index is 2.11. The zero-order chi connectivity index (χ0) is 15.8. The van der Waals surface area contributed by atoms with Crippen molar-refractivity contribution < 1.29 is 9.53 Å². The molecule has 2 heterocycles. The van der Waals surface area contributed by atoms with Gasteiger partial charge >= 0.3 is 6.09 Å². The van der Waals surface area contributed by atoms with Crippen LogP contribution >= 0.6 is 0 Å². The van der Waals surface area contributed by atoms with Crippen LogP contribution in [0, 0.1) is 18.3 Å². The molecule has 0 aromatic rings. The first-order chi connectivity index (χ1) is 9.69. The molecule has 0 N–H and O–H groups in total. The lowest BCUT2D eigenvalue weighted by Crippen LogP contribution is -2.75. The summed E-state index contributed by atoms with van der Waals surface area (Å²) in [5, 5.41) is 0. The highest BCUT2D eigenvalue weighted by Crippen LogP contribution is 2.43. The number of carbonyl (C=O) groups is 1. The molecule has 0 aliphatic carbocycles. The number of amides is 1. The summed E-state index contributed by atoms with van der Waals surface area (Å²) >= 11 is 0. The number of terminal acetylenes is 1. The van der Waals surface area contributed by atoms with Gasteiger partial charge in [0, 0.05) is 19.6 Å². The molecule has 0 aromatic carbocycles. The normalized spacial score (nSPS) is 29.6. The Morgan fingerprint density at radius 3 is 2.67 bits per heavy atom. The van der Waals surface area contributed by atoms with Gasteiger partial charge in [0.1, 0.15) is 5.60 Å². The maximum Gasteiger partial charge on any atom is 0.410 e. The van der Waals surface area contributed by atoms with Gasteiger partial charge in [0.05, 0.1) is 11.6 Å². The number of likely N-dealkylation sites (tertiary alicyclic amines) is 2. The van der Waals surface area contributed by atoms with Crippen LogP contribution < -0.4 is 0 Å². The van der Waals surface area contributed by atoms with Crippen LogP contribution in [0.1, 0.15) is 47.5 Å². The number of nitrogens with zero attached hydrogens (tertiary/aromatic N) is 2. The second-order valence-corrected chi connectivity index (χ2v) is 7.73. The minimum absolute atomic E-state index is 0.0231. The summed E-state index contributed by atoms with van der Waals surface area (Å²) in [4.78, 5) is 16.7. The topological polar surface area (TPSA) is 32.8 Å². The first-order valence-corrected chi connectivity index (χ1v) is 7.90. The molecule has 2 unspecified atom stereocenters. The molecule has 0 aromatic heterocycles. The fourth-order valence-corrected chi connectivity index (χ4v) is 3.60.